The number of anilines is 1. The van der Waals surface area contributed by atoms with Crippen molar-refractivity contribution in [2.24, 2.45) is 12.5 Å². The van der Waals surface area contributed by atoms with Gasteiger partial charge in [-0.3, -0.25) is 9.69 Å². The van der Waals surface area contributed by atoms with E-state index in [0.29, 0.717) is 27.4 Å². The lowest BCUT2D eigenvalue weighted by atomic mass is 9.79. The number of nitrogens with zero attached hydrogens (tertiary/aromatic N) is 3. The first-order chi connectivity index (χ1) is 18.5. The third-order valence-electron chi connectivity index (χ3n) is 9.39. The maximum Gasteiger partial charge on any atom is 0.496 e. The fourth-order valence-corrected chi connectivity index (χ4v) is 6.51. The molecule has 0 spiro atoms. The van der Waals surface area contributed by atoms with Crippen LogP contribution in [0.2, 0.25) is 5.02 Å². The lowest BCUT2D eigenvalue weighted by Crippen LogP contribution is -2.41. The molecule has 2 fully saturated rings. The molecular weight excluding hydrogens is 515 g/mol. The van der Waals surface area contributed by atoms with Gasteiger partial charge < -0.3 is 23.9 Å². The third-order valence-corrected chi connectivity index (χ3v) is 9.82. The van der Waals surface area contributed by atoms with Gasteiger partial charge in [0.15, 0.2) is 5.82 Å². The number of amides is 1. The van der Waals surface area contributed by atoms with Crippen molar-refractivity contribution in [1.29, 1.82) is 0 Å². The fourth-order valence-electron chi connectivity index (χ4n) is 6.25. The van der Waals surface area contributed by atoms with Crippen molar-refractivity contribution in [3.8, 4) is 0 Å². The van der Waals surface area contributed by atoms with Crippen LogP contribution in [0.3, 0.4) is 0 Å². The maximum atomic E-state index is 13.4. The van der Waals surface area contributed by atoms with E-state index in [2.05, 4.69) is 10.2 Å². The first kappa shape index (κ1) is 28.6. The molecule has 0 bridgehead atoms. The van der Waals surface area contributed by atoms with Gasteiger partial charge in [0.25, 0.3) is 5.91 Å². The number of nitrogens with one attached hydrogen (secondary N) is 1. The van der Waals surface area contributed by atoms with Crippen LogP contribution in [0.5, 0.6) is 0 Å². The zero-order valence-electron chi connectivity index (χ0n) is 24.2. The monoisotopic (exact) mass is 556 g/mol. The Morgan fingerprint density at radius 1 is 1.18 bits per heavy atom. The van der Waals surface area contributed by atoms with Crippen LogP contribution in [-0.2, 0) is 34.1 Å². The van der Waals surface area contributed by atoms with Crippen LogP contribution in [0.25, 0.3) is 0 Å². The number of ether oxygens (including phenoxy) is 1. The van der Waals surface area contributed by atoms with E-state index in [1.165, 1.54) is 25.7 Å². The molecule has 3 aliphatic rings. The smallest absolute Gasteiger partial charge is 0.399 e. The van der Waals surface area contributed by atoms with Gasteiger partial charge in [0, 0.05) is 44.8 Å². The SMILES string of the molecule is COCC1(CCN2CCc3c(nc(C(=O)Nc4cccc(B5OC(C)(C)C(C)(C)O5)c4Cl)n3C)C2)CCCC1. The van der Waals surface area contributed by atoms with Crippen molar-refractivity contribution in [3.63, 3.8) is 0 Å². The van der Waals surface area contributed by atoms with Gasteiger partial charge in [-0.05, 0) is 65.0 Å². The van der Waals surface area contributed by atoms with Crippen molar-refractivity contribution in [2.75, 3.05) is 32.1 Å². The van der Waals surface area contributed by atoms with E-state index in [9.17, 15) is 4.79 Å². The zero-order valence-corrected chi connectivity index (χ0v) is 25.0. The van der Waals surface area contributed by atoms with E-state index >= 15 is 0 Å². The summed E-state index contributed by atoms with van der Waals surface area (Å²) in [5.74, 6) is 0.113. The molecule has 39 heavy (non-hydrogen) atoms. The highest BCUT2D eigenvalue weighted by Crippen LogP contribution is 2.42. The van der Waals surface area contributed by atoms with Gasteiger partial charge in [-0.25, -0.2) is 4.98 Å². The molecule has 212 valence electrons. The highest BCUT2D eigenvalue weighted by molar-refractivity contribution is 6.66. The van der Waals surface area contributed by atoms with Crippen LogP contribution in [0.4, 0.5) is 5.69 Å². The van der Waals surface area contributed by atoms with Crippen LogP contribution in [0.1, 0.15) is 81.8 Å². The Labute approximate surface area is 237 Å². The summed E-state index contributed by atoms with van der Waals surface area (Å²) < 4.78 is 19.9. The third kappa shape index (κ3) is 5.53. The second-order valence-corrected chi connectivity index (χ2v) is 12.9. The van der Waals surface area contributed by atoms with Gasteiger partial charge >= 0.3 is 7.12 Å². The van der Waals surface area contributed by atoms with Crippen molar-refractivity contribution < 1.29 is 18.8 Å². The first-order valence-corrected chi connectivity index (χ1v) is 14.5. The van der Waals surface area contributed by atoms with E-state index in [-0.39, 0.29) is 5.91 Å². The molecule has 2 aliphatic heterocycles. The Bertz CT molecular complexity index is 1210. The molecule has 3 heterocycles. The lowest BCUT2D eigenvalue weighted by molar-refractivity contribution is 0.00578. The number of aromatic nitrogens is 2. The molecular formula is C29H42BClN4O4. The van der Waals surface area contributed by atoms with Gasteiger partial charge in [-0.1, -0.05) is 36.6 Å². The minimum absolute atomic E-state index is 0.281. The Hall–Kier alpha value is -1.91. The number of rotatable bonds is 8. The summed E-state index contributed by atoms with van der Waals surface area (Å²) in [7, 11) is 3.12. The van der Waals surface area contributed by atoms with Crippen LogP contribution in [0.15, 0.2) is 18.2 Å². The van der Waals surface area contributed by atoms with Crippen molar-refractivity contribution in [2.45, 2.75) is 84.0 Å². The normalized spacial score (nSPS) is 21.8. The van der Waals surface area contributed by atoms with Gasteiger partial charge in [-0.15, -0.1) is 0 Å². The first-order valence-electron chi connectivity index (χ1n) is 14.2. The summed E-state index contributed by atoms with van der Waals surface area (Å²) in [6.45, 7) is 11.6. The number of benzene rings is 1. The summed E-state index contributed by atoms with van der Waals surface area (Å²) >= 11 is 6.77. The van der Waals surface area contributed by atoms with E-state index in [0.717, 1.165) is 50.5 Å². The Balaban J connectivity index is 1.27. The van der Waals surface area contributed by atoms with Gasteiger partial charge in [-0.2, -0.15) is 0 Å². The van der Waals surface area contributed by atoms with E-state index in [4.69, 9.17) is 30.6 Å². The summed E-state index contributed by atoms with van der Waals surface area (Å²) in [6, 6.07) is 5.51. The number of carbonyl (C=O) groups excluding carboxylic acids is 1. The maximum absolute atomic E-state index is 13.4. The Morgan fingerprint density at radius 2 is 1.87 bits per heavy atom. The van der Waals surface area contributed by atoms with Gasteiger partial charge in [0.05, 0.1) is 34.2 Å². The number of hydrogen-bond acceptors (Lipinski definition) is 6. The largest absolute Gasteiger partial charge is 0.496 e. The van der Waals surface area contributed by atoms with E-state index < -0.39 is 18.3 Å². The topological polar surface area (TPSA) is 77.8 Å². The second-order valence-electron chi connectivity index (χ2n) is 12.6. The quantitative estimate of drug-likeness (QED) is 0.480. The molecule has 1 aromatic heterocycles. The minimum Gasteiger partial charge on any atom is -0.399 e. The van der Waals surface area contributed by atoms with Crippen molar-refractivity contribution in [1.82, 2.24) is 14.5 Å². The van der Waals surface area contributed by atoms with Crippen LogP contribution >= 0.6 is 11.6 Å². The molecule has 1 saturated heterocycles. The molecule has 0 atom stereocenters. The zero-order chi connectivity index (χ0) is 28.0. The van der Waals surface area contributed by atoms with E-state index in [1.807, 2.05) is 58.6 Å². The summed E-state index contributed by atoms with van der Waals surface area (Å²) in [6.07, 6.45) is 7.14. The van der Waals surface area contributed by atoms with Crippen molar-refractivity contribution >= 4 is 35.8 Å². The molecule has 5 rings (SSSR count). The molecule has 1 aromatic carbocycles. The van der Waals surface area contributed by atoms with Gasteiger partial charge in [0.1, 0.15) is 0 Å². The molecule has 1 aliphatic carbocycles. The summed E-state index contributed by atoms with van der Waals surface area (Å²) in [5, 5.41) is 3.39. The number of halogens is 1. The molecule has 0 unspecified atom stereocenters. The highest BCUT2D eigenvalue weighted by Gasteiger charge is 2.52. The van der Waals surface area contributed by atoms with E-state index in [1.54, 1.807) is 6.07 Å². The summed E-state index contributed by atoms with van der Waals surface area (Å²) in [4.78, 5) is 20.7. The van der Waals surface area contributed by atoms with Crippen LogP contribution in [-0.4, -0.2) is 65.5 Å². The molecule has 0 radical (unpaired) electrons. The number of imidazole rings is 1. The average Bonchev–Trinajstić information content (AvgIpc) is 3.53. The molecule has 1 N–H and O–H groups in total. The van der Waals surface area contributed by atoms with Crippen LogP contribution < -0.4 is 10.8 Å². The predicted octanol–water partition coefficient (Wildman–Crippen LogP) is 4.58. The number of methoxy groups -OCH3 is 1. The number of carbonyl (C=O) groups is 1. The Morgan fingerprint density at radius 3 is 2.54 bits per heavy atom. The molecule has 8 nitrogen and oxygen atoms in total. The number of hydrogen-bond donors (Lipinski definition) is 1. The van der Waals surface area contributed by atoms with Crippen LogP contribution in [0, 0.1) is 5.41 Å². The molecule has 1 saturated carbocycles. The second kappa shape index (κ2) is 10.8. The number of fused-ring (bicyclic) bond motifs is 1. The van der Waals surface area contributed by atoms with Crippen molar-refractivity contribution in [3.05, 3.63) is 40.4 Å². The lowest BCUT2D eigenvalue weighted by Gasteiger charge is -2.33. The Kier molecular flexibility index (Phi) is 7.94. The minimum atomic E-state index is -0.613. The summed E-state index contributed by atoms with van der Waals surface area (Å²) in [5.41, 5.74) is 2.66. The highest BCUT2D eigenvalue weighted by atomic mass is 35.5. The fraction of sp³-hybridized carbons (Fsp3) is 0.655. The molecule has 2 aromatic rings. The molecule has 10 heteroatoms. The van der Waals surface area contributed by atoms with Gasteiger partial charge in [0.2, 0.25) is 0 Å². The standard InChI is InChI=1S/C29H42BClN4O4/c1-27(2)28(3,4)39-30(38-27)20-10-9-11-21(24(20)31)33-26(36)25-32-22-18-35(16-12-23(22)34(25)5)17-15-29(19-37-6)13-7-8-14-29/h9-11H,7-8,12-19H2,1-6H3,(H,33,36). The predicted molar refractivity (Wildman–Crippen MR) is 155 cm³/mol. The average molecular weight is 557 g/mol. The molecule has 1 amide bonds.